The molecule has 186 valence electrons. The van der Waals surface area contributed by atoms with Gasteiger partial charge in [-0.1, -0.05) is 80.4 Å². The molecule has 2 fully saturated rings. The van der Waals surface area contributed by atoms with Gasteiger partial charge in [-0.3, -0.25) is 9.59 Å². The smallest absolute Gasteiger partial charge is 0.333 e. The van der Waals surface area contributed by atoms with E-state index in [1.54, 1.807) is 26.9 Å². The van der Waals surface area contributed by atoms with Crippen molar-refractivity contribution in [1.82, 2.24) is 25.1 Å². The quantitative estimate of drug-likeness (QED) is 0.694. The first-order valence-corrected chi connectivity index (χ1v) is 12.3. The molecule has 4 rings (SSSR count). The van der Waals surface area contributed by atoms with Crippen molar-refractivity contribution in [2.75, 3.05) is 20.1 Å². The number of benzene rings is 2. The van der Waals surface area contributed by atoms with Gasteiger partial charge in [-0.25, -0.2) is 14.8 Å². The third-order valence-corrected chi connectivity index (χ3v) is 7.04. The number of amides is 4. The van der Waals surface area contributed by atoms with Crippen LogP contribution in [0.3, 0.4) is 0 Å². The van der Waals surface area contributed by atoms with E-state index in [4.69, 9.17) is 0 Å². The Labute approximate surface area is 207 Å². The Balaban J connectivity index is 1.62. The van der Waals surface area contributed by atoms with Gasteiger partial charge in [0.15, 0.2) is 0 Å². The van der Waals surface area contributed by atoms with Crippen LogP contribution >= 0.6 is 0 Å². The highest BCUT2D eigenvalue weighted by Gasteiger charge is 2.51. The monoisotopic (exact) mass is 477 g/mol. The normalized spacial score (nSPS) is 21.7. The summed E-state index contributed by atoms with van der Waals surface area (Å²) in [6.45, 7) is 7.18. The van der Waals surface area contributed by atoms with E-state index >= 15 is 0 Å². The number of carbonyl (C=O) groups excluding carboxylic acids is 3. The second-order valence-electron chi connectivity index (χ2n) is 9.62. The number of hydrogen-bond donors (Lipinski definition) is 1. The molecule has 2 heterocycles. The van der Waals surface area contributed by atoms with Crippen molar-refractivity contribution in [3.63, 3.8) is 0 Å². The fourth-order valence-corrected chi connectivity index (χ4v) is 4.91. The van der Waals surface area contributed by atoms with Gasteiger partial charge in [-0.05, 0) is 24.0 Å². The van der Waals surface area contributed by atoms with Crippen LogP contribution in [0.5, 0.6) is 0 Å². The number of nitrogens with zero attached hydrogens (tertiary/aromatic N) is 4. The predicted molar refractivity (Wildman–Crippen MR) is 134 cm³/mol. The number of hydrogen-bond acceptors (Lipinski definition) is 4. The number of likely N-dealkylation sites (N-methyl/N-ethyl adjacent to an activating group) is 1. The highest BCUT2D eigenvalue weighted by atomic mass is 16.2. The molecule has 1 N–H and O–H groups in total. The minimum atomic E-state index is -0.602. The zero-order valence-electron chi connectivity index (χ0n) is 21.0. The lowest BCUT2D eigenvalue weighted by molar-refractivity contribution is -0.190. The van der Waals surface area contributed by atoms with Gasteiger partial charge < -0.3 is 15.1 Å². The van der Waals surface area contributed by atoms with Gasteiger partial charge in [0.25, 0.3) is 0 Å². The van der Waals surface area contributed by atoms with Crippen LogP contribution in [0.2, 0.25) is 0 Å². The van der Waals surface area contributed by atoms with Crippen LogP contribution in [-0.2, 0) is 22.7 Å². The number of carbonyl (C=O) groups is 3. The van der Waals surface area contributed by atoms with Crippen LogP contribution in [0.25, 0.3) is 0 Å². The minimum Gasteiger partial charge on any atom is -0.333 e. The van der Waals surface area contributed by atoms with Gasteiger partial charge in [0.2, 0.25) is 11.8 Å². The Morgan fingerprint density at radius 3 is 2.40 bits per heavy atom. The van der Waals surface area contributed by atoms with Crippen molar-refractivity contribution < 1.29 is 14.4 Å². The zero-order chi connectivity index (χ0) is 25.1. The summed E-state index contributed by atoms with van der Waals surface area (Å²) in [4.78, 5) is 43.7. The molecule has 0 spiro atoms. The van der Waals surface area contributed by atoms with E-state index in [2.05, 4.69) is 5.32 Å². The number of piperazine rings is 1. The van der Waals surface area contributed by atoms with Crippen LogP contribution in [0.15, 0.2) is 54.6 Å². The van der Waals surface area contributed by atoms with Crippen molar-refractivity contribution in [1.29, 1.82) is 0 Å². The van der Waals surface area contributed by atoms with Crippen LogP contribution < -0.4 is 5.32 Å². The Bertz CT molecular complexity index is 1060. The number of rotatable bonds is 6. The summed E-state index contributed by atoms with van der Waals surface area (Å²) >= 11 is 0. The van der Waals surface area contributed by atoms with E-state index in [-0.39, 0.29) is 36.9 Å². The number of nitrogens with one attached hydrogen (secondary N) is 1. The lowest BCUT2D eigenvalue weighted by Crippen LogP contribution is -2.76. The summed E-state index contributed by atoms with van der Waals surface area (Å²) in [6.07, 6.45) is 0.181. The van der Waals surface area contributed by atoms with Crippen molar-refractivity contribution in [2.24, 2.45) is 5.92 Å². The molecule has 2 aromatic rings. The summed E-state index contributed by atoms with van der Waals surface area (Å²) in [5, 5.41) is 6.26. The molecule has 2 saturated heterocycles. The SMILES string of the molecule is CCC(C)[C@H]1C(=O)N(Cc2ccc(C)cc2)C[C@H]2N1C(=O)CN(C)N2C(=O)NCc1ccccc1. The maximum Gasteiger partial charge on any atom is 0.334 e. The van der Waals surface area contributed by atoms with Gasteiger partial charge in [0.1, 0.15) is 12.2 Å². The largest absolute Gasteiger partial charge is 0.334 e. The van der Waals surface area contributed by atoms with E-state index in [0.29, 0.717) is 13.1 Å². The van der Waals surface area contributed by atoms with E-state index < -0.39 is 12.2 Å². The molecule has 0 aliphatic carbocycles. The molecule has 2 aliphatic rings. The van der Waals surface area contributed by atoms with Gasteiger partial charge >= 0.3 is 6.03 Å². The average molecular weight is 478 g/mol. The molecule has 8 nitrogen and oxygen atoms in total. The number of fused-ring (bicyclic) bond motifs is 1. The second kappa shape index (κ2) is 10.5. The molecule has 3 atom stereocenters. The standard InChI is InChI=1S/C27H35N5O3/c1-5-20(3)25-26(34)30(16-22-13-11-19(2)12-14-22)17-23-31(25)24(33)18-29(4)32(23)27(35)28-15-21-9-7-6-8-10-21/h6-14,20,23,25H,5,15-18H2,1-4H3,(H,28,35)/t20?,23-,25-/m0/s1. The molecule has 0 radical (unpaired) electrons. The van der Waals surface area contributed by atoms with Gasteiger partial charge in [-0.2, -0.15) is 0 Å². The Kier molecular flexibility index (Phi) is 7.40. The molecule has 0 saturated carbocycles. The first-order chi connectivity index (χ1) is 16.8. The summed E-state index contributed by atoms with van der Waals surface area (Å²) in [7, 11) is 1.75. The average Bonchev–Trinajstić information content (AvgIpc) is 2.85. The number of hydrazine groups is 1. The molecule has 4 amide bonds. The third-order valence-electron chi connectivity index (χ3n) is 7.04. The van der Waals surface area contributed by atoms with Crippen molar-refractivity contribution >= 4 is 17.8 Å². The first-order valence-electron chi connectivity index (χ1n) is 12.3. The number of urea groups is 1. The molecular formula is C27H35N5O3. The fourth-order valence-electron chi connectivity index (χ4n) is 4.91. The maximum absolute atomic E-state index is 13.7. The Hall–Kier alpha value is -3.39. The summed E-state index contributed by atoms with van der Waals surface area (Å²) < 4.78 is 0. The van der Waals surface area contributed by atoms with Crippen LogP contribution in [0.4, 0.5) is 4.79 Å². The molecule has 0 bridgehead atoms. The van der Waals surface area contributed by atoms with Crippen molar-refractivity contribution in [3.05, 3.63) is 71.3 Å². The van der Waals surface area contributed by atoms with Gasteiger partial charge in [0.05, 0.1) is 13.1 Å². The van der Waals surface area contributed by atoms with E-state index in [9.17, 15) is 14.4 Å². The molecule has 8 heteroatoms. The van der Waals surface area contributed by atoms with Crippen LogP contribution in [0.1, 0.15) is 37.0 Å². The third kappa shape index (κ3) is 5.17. The lowest BCUT2D eigenvalue weighted by Gasteiger charge is -2.55. The highest BCUT2D eigenvalue weighted by molar-refractivity contribution is 5.91. The molecule has 1 unspecified atom stereocenters. The predicted octanol–water partition coefficient (Wildman–Crippen LogP) is 2.98. The molecule has 0 aromatic heterocycles. The Morgan fingerprint density at radius 1 is 1.06 bits per heavy atom. The minimum absolute atomic E-state index is 0.0348. The topological polar surface area (TPSA) is 76.2 Å². The van der Waals surface area contributed by atoms with E-state index in [0.717, 1.165) is 23.1 Å². The summed E-state index contributed by atoms with van der Waals surface area (Å²) in [6, 6.07) is 16.9. The van der Waals surface area contributed by atoms with E-state index in [1.165, 1.54) is 0 Å². The van der Waals surface area contributed by atoms with Crippen LogP contribution in [-0.4, -0.2) is 70.0 Å². The van der Waals surface area contributed by atoms with Gasteiger partial charge in [-0.15, -0.1) is 0 Å². The molecule has 2 aliphatic heterocycles. The summed E-state index contributed by atoms with van der Waals surface area (Å²) in [5.41, 5.74) is 3.17. The van der Waals surface area contributed by atoms with E-state index in [1.807, 2.05) is 75.4 Å². The maximum atomic E-state index is 13.7. The molecule has 2 aromatic carbocycles. The second-order valence-corrected chi connectivity index (χ2v) is 9.62. The van der Waals surface area contributed by atoms with Crippen LogP contribution in [0, 0.1) is 12.8 Å². The molecular weight excluding hydrogens is 442 g/mol. The van der Waals surface area contributed by atoms with Crippen molar-refractivity contribution in [3.8, 4) is 0 Å². The fraction of sp³-hybridized carbons (Fsp3) is 0.444. The van der Waals surface area contributed by atoms with Gasteiger partial charge in [0, 0.05) is 20.1 Å². The lowest BCUT2D eigenvalue weighted by atomic mass is 9.92. The highest BCUT2D eigenvalue weighted by Crippen LogP contribution is 2.31. The van der Waals surface area contributed by atoms with Crippen molar-refractivity contribution in [2.45, 2.75) is 52.5 Å². The Morgan fingerprint density at radius 2 is 1.74 bits per heavy atom. The summed E-state index contributed by atoms with van der Waals surface area (Å²) in [5.74, 6) is -0.218. The molecule has 35 heavy (non-hydrogen) atoms. The zero-order valence-corrected chi connectivity index (χ0v) is 21.0. The first kappa shape index (κ1) is 24.7. The number of aryl methyl sites for hydroxylation is 1.